The lowest BCUT2D eigenvalue weighted by molar-refractivity contribution is 0.733. The number of allylic oxidation sites excluding steroid dienone is 8. The first-order chi connectivity index (χ1) is 20.6. The van der Waals surface area contributed by atoms with Gasteiger partial charge in [0.15, 0.2) is 0 Å². The standard InChI is InChI=1S/C31H30N2.C9H12/c1-2-31(33-23-25-12-5-3-6-13-25)30-21-20-27(28-14-8-9-15-29(28)30)26-18-16-24(17-19-26)11-7-4-10-22-32;1-3-9-6-4-8(2)5-7-9/h3-10,12-22H,2,11,23,32H2,1H3;3-4,6-8H,1,5H2,2H3/b7-4-,22-10-,33-31?;. The number of rotatable bonds is 9. The Labute approximate surface area is 252 Å². The normalized spacial score (nSPS) is 15.0. The minimum Gasteiger partial charge on any atom is -0.405 e. The van der Waals surface area contributed by atoms with E-state index >= 15 is 0 Å². The van der Waals surface area contributed by atoms with Gasteiger partial charge in [-0.25, -0.2) is 0 Å². The lowest BCUT2D eigenvalue weighted by Gasteiger charge is -2.13. The highest BCUT2D eigenvalue weighted by atomic mass is 14.7. The van der Waals surface area contributed by atoms with E-state index in [0.29, 0.717) is 12.5 Å². The van der Waals surface area contributed by atoms with Gasteiger partial charge in [-0.3, -0.25) is 4.99 Å². The number of nitrogens with two attached hydrogens (primary N) is 1. The first-order valence-electron chi connectivity index (χ1n) is 14.9. The fraction of sp³-hybridized carbons (Fsp3) is 0.175. The van der Waals surface area contributed by atoms with Crippen LogP contribution >= 0.6 is 0 Å². The lowest BCUT2D eigenvalue weighted by atomic mass is 9.92. The molecule has 0 aliphatic heterocycles. The Hall–Kier alpha value is -4.69. The zero-order chi connectivity index (χ0) is 29.6. The summed E-state index contributed by atoms with van der Waals surface area (Å²) in [5.41, 5.74) is 14.0. The number of nitrogens with zero attached hydrogens (tertiary/aromatic N) is 1. The van der Waals surface area contributed by atoms with E-state index < -0.39 is 0 Å². The maximum absolute atomic E-state index is 5.38. The van der Waals surface area contributed by atoms with Crippen LogP contribution in [-0.4, -0.2) is 5.71 Å². The van der Waals surface area contributed by atoms with Gasteiger partial charge in [0.1, 0.15) is 0 Å². The lowest BCUT2D eigenvalue weighted by Crippen LogP contribution is -2.02. The van der Waals surface area contributed by atoms with Crippen molar-refractivity contribution in [2.24, 2.45) is 16.6 Å². The zero-order valence-corrected chi connectivity index (χ0v) is 24.9. The minimum atomic E-state index is 0.705. The maximum atomic E-state index is 5.38. The Morgan fingerprint density at radius 1 is 0.881 bits per heavy atom. The molecule has 0 saturated heterocycles. The van der Waals surface area contributed by atoms with Crippen molar-refractivity contribution in [3.8, 4) is 11.1 Å². The van der Waals surface area contributed by atoms with E-state index in [2.05, 4.69) is 130 Å². The van der Waals surface area contributed by atoms with E-state index in [1.807, 2.05) is 24.3 Å². The molecule has 42 heavy (non-hydrogen) atoms. The van der Waals surface area contributed by atoms with Crippen molar-refractivity contribution in [1.29, 1.82) is 0 Å². The third-order valence-electron chi connectivity index (χ3n) is 7.42. The maximum Gasteiger partial charge on any atom is 0.0643 e. The molecule has 1 unspecified atom stereocenters. The highest BCUT2D eigenvalue weighted by molar-refractivity contribution is 6.13. The van der Waals surface area contributed by atoms with E-state index in [-0.39, 0.29) is 0 Å². The van der Waals surface area contributed by atoms with Crippen LogP contribution in [0.4, 0.5) is 0 Å². The van der Waals surface area contributed by atoms with Gasteiger partial charge in [0.25, 0.3) is 0 Å². The number of hydrogen-bond acceptors (Lipinski definition) is 2. The SMILES string of the molecule is C=CC1=CCC(C)C=C1.CCC(=NCc1ccccc1)c1ccc(-c2ccc(C/C=C\C=C/N)cc2)c2ccccc12. The van der Waals surface area contributed by atoms with Crippen LogP contribution in [0.2, 0.25) is 0 Å². The molecule has 0 aromatic heterocycles. The van der Waals surface area contributed by atoms with Crippen LogP contribution in [0.5, 0.6) is 0 Å². The highest BCUT2D eigenvalue weighted by Gasteiger charge is 2.11. The van der Waals surface area contributed by atoms with Gasteiger partial charge >= 0.3 is 0 Å². The fourth-order valence-corrected chi connectivity index (χ4v) is 5.02. The van der Waals surface area contributed by atoms with Crippen molar-refractivity contribution in [3.05, 3.63) is 169 Å². The van der Waals surface area contributed by atoms with Gasteiger partial charge in [-0.1, -0.05) is 148 Å². The molecule has 0 saturated carbocycles. The molecular weight excluding hydrogens is 508 g/mol. The van der Waals surface area contributed by atoms with Crippen LogP contribution in [-0.2, 0) is 13.0 Å². The first kappa shape index (κ1) is 30.3. The van der Waals surface area contributed by atoms with Crippen molar-refractivity contribution in [2.75, 3.05) is 0 Å². The summed E-state index contributed by atoms with van der Waals surface area (Å²) >= 11 is 0. The molecule has 0 heterocycles. The van der Waals surface area contributed by atoms with Gasteiger partial charge in [-0.05, 0) is 76.1 Å². The average Bonchev–Trinajstić information content (AvgIpc) is 3.05. The van der Waals surface area contributed by atoms with Crippen molar-refractivity contribution in [1.82, 2.24) is 0 Å². The first-order valence-corrected chi connectivity index (χ1v) is 14.9. The summed E-state index contributed by atoms with van der Waals surface area (Å²) in [6.07, 6.45) is 18.9. The molecule has 0 spiro atoms. The number of aliphatic imine (C=N–C) groups is 1. The predicted octanol–water partition coefficient (Wildman–Crippen LogP) is 10.2. The molecule has 0 fully saturated rings. The monoisotopic (exact) mass is 550 g/mol. The van der Waals surface area contributed by atoms with Crippen molar-refractivity contribution >= 4 is 16.5 Å². The molecule has 212 valence electrons. The Balaban J connectivity index is 0.000000385. The van der Waals surface area contributed by atoms with Crippen molar-refractivity contribution < 1.29 is 0 Å². The smallest absolute Gasteiger partial charge is 0.0643 e. The Bertz CT molecular complexity index is 1600. The van der Waals surface area contributed by atoms with E-state index in [9.17, 15) is 0 Å². The molecule has 0 radical (unpaired) electrons. The van der Waals surface area contributed by atoms with Crippen LogP contribution < -0.4 is 5.73 Å². The third kappa shape index (κ3) is 8.41. The van der Waals surface area contributed by atoms with Crippen molar-refractivity contribution in [2.45, 2.75) is 39.7 Å². The van der Waals surface area contributed by atoms with Gasteiger partial charge in [0.05, 0.1) is 6.54 Å². The van der Waals surface area contributed by atoms with Gasteiger partial charge < -0.3 is 5.73 Å². The zero-order valence-electron chi connectivity index (χ0n) is 24.9. The molecule has 1 aliphatic rings. The highest BCUT2D eigenvalue weighted by Crippen LogP contribution is 2.32. The van der Waals surface area contributed by atoms with Gasteiger partial charge in [-0.2, -0.15) is 0 Å². The second-order valence-electron chi connectivity index (χ2n) is 10.5. The van der Waals surface area contributed by atoms with Gasteiger partial charge in [0.2, 0.25) is 0 Å². The largest absolute Gasteiger partial charge is 0.405 e. The summed E-state index contributed by atoms with van der Waals surface area (Å²) < 4.78 is 0. The molecule has 5 rings (SSSR count). The van der Waals surface area contributed by atoms with E-state index in [4.69, 9.17) is 10.7 Å². The molecule has 4 aromatic carbocycles. The number of fused-ring (bicyclic) bond motifs is 1. The van der Waals surface area contributed by atoms with Crippen LogP contribution in [0.15, 0.2) is 157 Å². The topological polar surface area (TPSA) is 38.4 Å². The van der Waals surface area contributed by atoms with Crippen LogP contribution in [0.25, 0.3) is 21.9 Å². The molecule has 4 aromatic rings. The number of hydrogen-bond donors (Lipinski definition) is 1. The van der Waals surface area contributed by atoms with E-state index in [1.165, 1.54) is 44.2 Å². The summed E-state index contributed by atoms with van der Waals surface area (Å²) in [5.74, 6) is 0.716. The molecule has 2 nitrogen and oxygen atoms in total. The molecule has 1 aliphatic carbocycles. The predicted molar refractivity (Wildman–Crippen MR) is 184 cm³/mol. The van der Waals surface area contributed by atoms with Gasteiger partial charge in [0, 0.05) is 11.3 Å². The molecular formula is C40H42N2. The Morgan fingerprint density at radius 3 is 2.29 bits per heavy atom. The quantitative estimate of drug-likeness (QED) is 0.163. The van der Waals surface area contributed by atoms with Crippen LogP contribution in [0.1, 0.15) is 43.4 Å². The summed E-state index contributed by atoms with van der Waals surface area (Å²) in [7, 11) is 0. The molecule has 1 atom stereocenters. The minimum absolute atomic E-state index is 0.705. The second-order valence-corrected chi connectivity index (χ2v) is 10.5. The average molecular weight is 551 g/mol. The fourth-order valence-electron chi connectivity index (χ4n) is 5.02. The third-order valence-corrected chi connectivity index (χ3v) is 7.42. The van der Waals surface area contributed by atoms with Crippen molar-refractivity contribution in [3.63, 3.8) is 0 Å². The molecule has 2 N–H and O–H groups in total. The molecule has 0 bridgehead atoms. The van der Waals surface area contributed by atoms with E-state index in [0.717, 1.165) is 25.0 Å². The Morgan fingerprint density at radius 2 is 1.62 bits per heavy atom. The number of benzene rings is 4. The van der Waals surface area contributed by atoms with E-state index in [1.54, 1.807) is 6.20 Å². The molecule has 0 amide bonds. The summed E-state index contributed by atoms with van der Waals surface area (Å²) in [5, 5.41) is 2.51. The molecule has 2 heteroatoms. The van der Waals surface area contributed by atoms with Gasteiger partial charge in [-0.15, -0.1) is 0 Å². The Kier molecular flexibility index (Phi) is 11.5. The summed E-state index contributed by atoms with van der Waals surface area (Å²) in [4.78, 5) is 4.99. The van der Waals surface area contributed by atoms with Crippen LogP contribution in [0, 0.1) is 5.92 Å². The summed E-state index contributed by atoms with van der Waals surface area (Å²) in [6, 6.07) is 32.4. The summed E-state index contributed by atoms with van der Waals surface area (Å²) in [6.45, 7) is 8.79. The van der Waals surface area contributed by atoms with Crippen LogP contribution in [0.3, 0.4) is 0 Å². The second kappa shape index (κ2) is 15.9.